The number of hydrogen-bond acceptors (Lipinski definition) is 5. The summed E-state index contributed by atoms with van der Waals surface area (Å²) in [6, 6.07) is 3.94. The first-order chi connectivity index (χ1) is 7.22. The Balaban J connectivity index is 2.26. The number of carbonyl (C=O) groups excluding carboxylic acids is 1. The van der Waals surface area contributed by atoms with Crippen molar-refractivity contribution in [3.63, 3.8) is 0 Å². The Morgan fingerprint density at radius 3 is 2.93 bits per heavy atom. The van der Waals surface area contributed by atoms with Gasteiger partial charge in [-0.15, -0.1) is 0 Å². The predicted molar refractivity (Wildman–Crippen MR) is 52.0 cm³/mol. The third-order valence-corrected chi connectivity index (χ3v) is 2.19. The van der Waals surface area contributed by atoms with Gasteiger partial charge in [-0.2, -0.15) is 0 Å². The monoisotopic (exact) mass is 209 g/mol. The summed E-state index contributed by atoms with van der Waals surface area (Å²) >= 11 is 0. The minimum atomic E-state index is -0.884. The maximum absolute atomic E-state index is 11.6. The number of rotatable bonds is 3. The van der Waals surface area contributed by atoms with Crippen LogP contribution in [0, 0.1) is 0 Å². The first-order valence-electron chi connectivity index (χ1n) is 4.52. The van der Waals surface area contributed by atoms with Crippen molar-refractivity contribution in [2.24, 2.45) is 5.73 Å². The number of carbonyl (C=O) groups is 1. The zero-order valence-electron chi connectivity index (χ0n) is 7.97. The molecule has 0 saturated heterocycles. The van der Waals surface area contributed by atoms with Gasteiger partial charge < -0.3 is 20.3 Å². The maximum Gasteiger partial charge on any atom is 0.231 e. The topological polar surface area (TPSA) is 81.8 Å². The van der Waals surface area contributed by atoms with Crippen LogP contribution in [-0.2, 0) is 0 Å². The molecule has 1 atom stereocenters. The molecular weight excluding hydrogens is 198 g/mol. The Bertz CT molecular complexity index is 391. The van der Waals surface area contributed by atoms with E-state index in [2.05, 4.69) is 0 Å². The van der Waals surface area contributed by atoms with Gasteiger partial charge in [0, 0.05) is 5.56 Å². The van der Waals surface area contributed by atoms with E-state index in [1.807, 2.05) is 0 Å². The molecule has 0 aromatic heterocycles. The van der Waals surface area contributed by atoms with Crippen molar-refractivity contribution in [1.29, 1.82) is 0 Å². The number of ether oxygens (including phenoxy) is 2. The van der Waals surface area contributed by atoms with Crippen molar-refractivity contribution < 1.29 is 19.4 Å². The summed E-state index contributed by atoms with van der Waals surface area (Å²) < 4.78 is 10.2. The van der Waals surface area contributed by atoms with Gasteiger partial charge >= 0.3 is 0 Å². The van der Waals surface area contributed by atoms with Crippen LogP contribution in [0.4, 0.5) is 0 Å². The quantitative estimate of drug-likeness (QED) is 0.680. The molecule has 1 aliphatic rings. The van der Waals surface area contributed by atoms with Crippen molar-refractivity contribution in [3.05, 3.63) is 23.8 Å². The van der Waals surface area contributed by atoms with Crippen LogP contribution < -0.4 is 15.2 Å². The van der Waals surface area contributed by atoms with E-state index in [9.17, 15) is 4.79 Å². The van der Waals surface area contributed by atoms with Crippen LogP contribution >= 0.6 is 0 Å². The third-order valence-electron chi connectivity index (χ3n) is 2.19. The summed E-state index contributed by atoms with van der Waals surface area (Å²) in [6.07, 6.45) is 0. The molecule has 0 radical (unpaired) electrons. The van der Waals surface area contributed by atoms with Gasteiger partial charge in [0.15, 0.2) is 17.3 Å². The third kappa shape index (κ3) is 1.79. The normalized spacial score (nSPS) is 15.1. The van der Waals surface area contributed by atoms with Crippen LogP contribution in [0.5, 0.6) is 11.5 Å². The van der Waals surface area contributed by atoms with Gasteiger partial charge in [-0.3, -0.25) is 4.79 Å². The van der Waals surface area contributed by atoms with E-state index in [0.717, 1.165) is 0 Å². The van der Waals surface area contributed by atoms with Crippen molar-refractivity contribution in [2.75, 3.05) is 13.4 Å². The number of fused-ring (bicyclic) bond motifs is 1. The molecule has 0 spiro atoms. The lowest BCUT2D eigenvalue weighted by Crippen LogP contribution is -2.33. The molecule has 0 bridgehead atoms. The number of Topliss-reactive ketones (excluding diaryl/α,β-unsaturated/α-hetero) is 1. The second-order valence-corrected chi connectivity index (χ2v) is 3.22. The van der Waals surface area contributed by atoms with E-state index in [1.165, 1.54) is 0 Å². The Morgan fingerprint density at radius 1 is 1.47 bits per heavy atom. The van der Waals surface area contributed by atoms with E-state index in [0.29, 0.717) is 17.1 Å². The van der Waals surface area contributed by atoms with Crippen molar-refractivity contribution in [2.45, 2.75) is 6.04 Å². The van der Waals surface area contributed by atoms with Gasteiger partial charge in [0.1, 0.15) is 0 Å². The van der Waals surface area contributed by atoms with Crippen LogP contribution in [-0.4, -0.2) is 30.3 Å². The average molecular weight is 209 g/mol. The predicted octanol–water partition coefficient (Wildman–Crippen LogP) is -0.0824. The summed E-state index contributed by atoms with van der Waals surface area (Å²) in [5, 5.41) is 8.76. The summed E-state index contributed by atoms with van der Waals surface area (Å²) in [5.74, 6) is 0.839. The highest BCUT2D eigenvalue weighted by Crippen LogP contribution is 2.32. The van der Waals surface area contributed by atoms with Crippen molar-refractivity contribution >= 4 is 5.78 Å². The van der Waals surface area contributed by atoms with Gasteiger partial charge in [-0.1, -0.05) is 0 Å². The van der Waals surface area contributed by atoms with Gasteiger partial charge in [0.25, 0.3) is 0 Å². The number of benzene rings is 1. The Morgan fingerprint density at radius 2 is 2.20 bits per heavy atom. The van der Waals surface area contributed by atoms with Gasteiger partial charge in [-0.05, 0) is 18.2 Å². The zero-order chi connectivity index (χ0) is 10.8. The van der Waals surface area contributed by atoms with Crippen LogP contribution in [0.25, 0.3) is 0 Å². The molecule has 0 saturated carbocycles. The lowest BCUT2D eigenvalue weighted by molar-refractivity contribution is 0.0925. The van der Waals surface area contributed by atoms with Crippen LogP contribution in [0.1, 0.15) is 10.4 Å². The number of ketones is 1. The smallest absolute Gasteiger partial charge is 0.231 e. The molecule has 1 heterocycles. The van der Waals surface area contributed by atoms with Crippen LogP contribution in [0.3, 0.4) is 0 Å². The van der Waals surface area contributed by atoms with Gasteiger partial charge in [0.05, 0.1) is 12.6 Å². The molecule has 0 amide bonds. The standard InChI is InChI=1S/C10H11NO4/c11-7(4-12)10(13)6-1-2-8-9(3-6)15-5-14-8/h1-3,7,12H,4-5,11H2. The van der Waals surface area contributed by atoms with E-state index >= 15 is 0 Å². The Hall–Kier alpha value is -1.59. The number of aliphatic hydroxyl groups excluding tert-OH is 1. The highest BCUT2D eigenvalue weighted by Gasteiger charge is 2.19. The lowest BCUT2D eigenvalue weighted by atomic mass is 10.1. The molecule has 2 rings (SSSR count). The molecule has 1 aromatic rings. The first-order valence-corrected chi connectivity index (χ1v) is 4.52. The Kier molecular flexibility index (Phi) is 2.57. The minimum Gasteiger partial charge on any atom is -0.454 e. The average Bonchev–Trinajstić information content (AvgIpc) is 2.73. The molecular formula is C10H11NO4. The molecule has 80 valence electrons. The second-order valence-electron chi connectivity index (χ2n) is 3.22. The Labute approximate surface area is 86.4 Å². The largest absolute Gasteiger partial charge is 0.454 e. The van der Waals surface area contributed by atoms with E-state index in [1.54, 1.807) is 18.2 Å². The molecule has 5 heteroatoms. The molecule has 0 aliphatic carbocycles. The van der Waals surface area contributed by atoms with E-state index < -0.39 is 6.04 Å². The van der Waals surface area contributed by atoms with E-state index in [-0.39, 0.29) is 19.2 Å². The molecule has 1 aliphatic heterocycles. The van der Waals surface area contributed by atoms with Crippen molar-refractivity contribution in [3.8, 4) is 11.5 Å². The summed E-state index contributed by atoms with van der Waals surface area (Å²) in [6.45, 7) is -0.202. The fourth-order valence-electron chi connectivity index (χ4n) is 1.35. The molecule has 3 N–H and O–H groups in total. The van der Waals surface area contributed by atoms with Crippen molar-refractivity contribution in [1.82, 2.24) is 0 Å². The highest BCUT2D eigenvalue weighted by atomic mass is 16.7. The zero-order valence-corrected chi connectivity index (χ0v) is 7.97. The maximum atomic E-state index is 11.6. The van der Waals surface area contributed by atoms with Crippen LogP contribution in [0.15, 0.2) is 18.2 Å². The summed E-state index contributed by atoms with van der Waals surface area (Å²) in [4.78, 5) is 11.6. The molecule has 5 nitrogen and oxygen atoms in total. The fraction of sp³-hybridized carbons (Fsp3) is 0.300. The molecule has 1 aromatic carbocycles. The second kappa shape index (κ2) is 3.88. The molecule has 1 unspecified atom stereocenters. The highest BCUT2D eigenvalue weighted by molar-refractivity contribution is 6.00. The SMILES string of the molecule is NC(CO)C(=O)c1ccc2c(c1)OCO2. The summed E-state index contributed by atoms with van der Waals surface area (Å²) in [5.41, 5.74) is 5.84. The van der Waals surface area contributed by atoms with E-state index in [4.69, 9.17) is 20.3 Å². The number of aliphatic hydroxyl groups is 1. The van der Waals surface area contributed by atoms with Gasteiger partial charge in [0.2, 0.25) is 6.79 Å². The minimum absolute atomic E-state index is 0.166. The van der Waals surface area contributed by atoms with Crippen LogP contribution in [0.2, 0.25) is 0 Å². The summed E-state index contributed by atoms with van der Waals surface area (Å²) in [7, 11) is 0. The number of hydrogen-bond donors (Lipinski definition) is 2. The van der Waals surface area contributed by atoms with Gasteiger partial charge in [-0.25, -0.2) is 0 Å². The first kappa shape index (κ1) is 9.95. The molecule has 0 fully saturated rings. The number of nitrogens with two attached hydrogens (primary N) is 1. The fourth-order valence-corrected chi connectivity index (χ4v) is 1.35. The molecule has 15 heavy (non-hydrogen) atoms. The lowest BCUT2D eigenvalue weighted by Gasteiger charge is -2.07.